The van der Waals surface area contributed by atoms with Gasteiger partial charge in [0.05, 0.1) is 28.0 Å². The Balaban J connectivity index is 1.52. The molecule has 152 valence electrons. The fourth-order valence-electron chi connectivity index (χ4n) is 3.59. The second kappa shape index (κ2) is 8.26. The maximum Gasteiger partial charge on any atom is 0.217 e. The molecule has 0 atom stereocenters. The van der Waals surface area contributed by atoms with Gasteiger partial charge < -0.3 is 14.2 Å². The average molecular weight is 413 g/mol. The third-order valence-corrected chi connectivity index (χ3v) is 5.49. The first kappa shape index (κ1) is 19.5. The summed E-state index contributed by atoms with van der Waals surface area (Å²) in [7, 11) is 4.98. The first-order valence-corrected chi connectivity index (χ1v) is 9.79. The number of aromatic amines is 1. The molecular weight excluding hydrogens is 388 g/mol. The van der Waals surface area contributed by atoms with Crippen LogP contribution in [0.1, 0.15) is 11.1 Å². The van der Waals surface area contributed by atoms with E-state index >= 15 is 0 Å². The number of methoxy groups -OCH3 is 3. The maximum atomic E-state index is 5.47. The first-order valence-electron chi connectivity index (χ1n) is 9.38. The Bertz CT molecular complexity index is 1060. The lowest BCUT2D eigenvalue weighted by molar-refractivity contribution is 0.188. The molecule has 0 bridgehead atoms. The number of aromatic nitrogens is 3. The number of nitrogens with one attached hydrogen (secondary N) is 1. The van der Waals surface area contributed by atoms with Gasteiger partial charge in [-0.3, -0.25) is 10.00 Å². The number of ether oxygens (including phenoxy) is 3. The van der Waals surface area contributed by atoms with Crippen LogP contribution in [0.5, 0.6) is 17.2 Å². The smallest absolute Gasteiger partial charge is 0.217 e. The standard InChI is InChI=1S/C21H24N4O3S/c1-26-17-6-4-14(5-7-17)20-22-21(29)25(23-20)13-24-9-8-15-10-18(27-2)19(28-3)11-16(15)12-24/h4-7,10-11H,8-9,12-13H2,1-3H3,(H,22,23,29). The summed E-state index contributed by atoms with van der Waals surface area (Å²) in [6.07, 6.45) is 0.947. The summed E-state index contributed by atoms with van der Waals surface area (Å²) < 4.78 is 18.5. The van der Waals surface area contributed by atoms with Crippen LogP contribution in [0.25, 0.3) is 11.4 Å². The van der Waals surface area contributed by atoms with Crippen LogP contribution in [0, 0.1) is 4.77 Å². The molecule has 0 saturated carbocycles. The molecule has 7 nitrogen and oxygen atoms in total. The Kier molecular flexibility index (Phi) is 5.55. The minimum absolute atomic E-state index is 0.536. The quantitative estimate of drug-likeness (QED) is 0.624. The van der Waals surface area contributed by atoms with Crippen molar-refractivity contribution in [2.45, 2.75) is 19.6 Å². The molecular formula is C21H24N4O3S. The lowest BCUT2D eigenvalue weighted by Gasteiger charge is -2.29. The van der Waals surface area contributed by atoms with Gasteiger partial charge in [-0.25, -0.2) is 4.68 Å². The second-order valence-corrected chi connectivity index (χ2v) is 7.30. The van der Waals surface area contributed by atoms with E-state index in [1.807, 2.05) is 28.9 Å². The molecule has 0 spiro atoms. The lowest BCUT2D eigenvalue weighted by atomic mass is 9.99. The zero-order valence-corrected chi connectivity index (χ0v) is 17.6. The molecule has 29 heavy (non-hydrogen) atoms. The molecule has 4 rings (SSSR count). The number of fused-ring (bicyclic) bond motifs is 1. The summed E-state index contributed by atoms with van der Waals surface area (Å²) in [6.45, 7) is 2.39. The van der Waals surface area contributed by atoms with Crippen LogP contribution >= 0.6 is 12.2 Å². The van der Waals surface area contributed by atoms with Crippen molar-refractivity contribution in [3.05, 3.63) is 52.3 Å². The number of rotatable bonds is 6. The van der Waals surface area contributed by atoms with Crippen molar-refractivity contribution in [1.82, 2.24) is 19.7 Å². The van der Waals surface area contributed by atoms with Crippen LogP contribution in [0.15, 0.2) is 36.4 Å². The molecule has 0 radical (unpaired) electrons. The van der Waals surface area contributed by atoms with Gasteiger partial charge in [-0.05, 0) is 66.2 Å². The third kappa shape index (κ3) is 3.99. The second-order valence-electron chi connectivity index (χ2n) is 6.93. The molecule has 2 aromatic carbocycles. The van der Waals surface area contributed by atoms with Crippen LogP contribution in [-0.4, -0.2) is 47.5 Å². The Hall–Kier alpha value is -2.84. The predicted molar refractivity (Wildman–Crippen MR) is 113 cm³/mol. The van der Waals surface area contributed by atoms with Gasteiger partial charge in [0.15, 0.2) is 17.3 Å². The number of hydrogen-bond acceptors (Lipinski definition) is 6. The fourth-order valence-corrected chi connectivity index (χ4v) is 3.79. The zero-order valence-electron chi connectivity index (χ0n) is 16.8. The minimum Gasteiger partial charge on any atom is -0.497 e. The molecule has 0 saturated heterocycles. The van der Waals surface area contributed by atoms with Crippen molar-refractivity contribution in [3.8, 4) is 28.6 Å². The van der Waals surface area contributed by atoms with Crippen molar-refractivity contribution < 1.29 is 14.2 Å². The van der Waals surface area contributed by atoms with E-state index in [4.69, 9.17) is 26.4 Å². The van der Waals surface area contributed by atoms with Crippen molar-refractivity contribution in [1.29, 1.82) is 0 Å². The molecule has 1 aliphatic rings. The molecule has 1 aromatic heterocycles. The number of hydrogen-bond donors (Lipinski definition) is 1. The topological polar surface area (TPSA) is 64.5 Å². The minimum atomic E-state index is 0.536. The van der Waals surface area contributed by atoms with Gasteiger partial charge in [-0.1, -0.05) is 0 Å². The predicted octanol–water partition coefficient (Wildman–Crippen LogP) is 3.65. The molecule has 0 unspecified atom stereocenters. The van der Waals surface area contributed by atoms with Crippen molar-refractivity contribution >= 4 is 12.2 Å². The maximum absolute atomic E-state index is 5.47. The van der Waals surface area contributed by atoms with E-state index in [-0.39, 0.29) is 0 Å². The molecule has 0 amide bonds. The van der Waals surface area contributed by atoms with E-state index in [0.29, 0.717) is 11.4 Å². The van der Waals surface area contributed by atoms with Gasteiger partial charge in [0.25, 0.3) is 0 Å². The first-order chi connectivity index (χ1) is 14.1. The summed E-state index contributed by atoms with van der Waals surface area (Å²) in [5, 5.41) is 3.32. The number of H-pyrrole nitrogens is 1. The number of nitrogens with zero attached hydrogens (tertiary/aromatic N) is 3. The third-order valence-electron chi connectivity index (χ3n) is 5.18. The fraction of sp³-hybridized carbons (Fsp3) is 0.333. The SMILES string of the molecule is COc1ccc(-c2nc(=S)n(CN3CCc4cc(OC)c(OC)cc4C3)[nH]2)cc1. The van der Waals surface area contributed by atoms with Crippen LogP contribution in [0.2, 0.25) is 0 Å². The van der Waals surface area contributed by atoms with Gasteiger partial charge in [0, 0.05) is 18.7 Å². The highest BCUT2D eigenvalue weighted by atomic mass is 32.1. The molecule has 8 heteroatoms. The largest absolute Gasteiger partial charge is 0.497 e. The monoisotopic (exact) mass is 412 g/mol. The Labute approximate surface area is 174 Å². The number of benzene rings is 2. The van der Waals surface area contributed by atoms with Crippen LogP contribution in [-0.2, 0) is 19.6 Å². The Morgan fingerprint density at radius 2 is 1.69 bits per heavy atom. The van der Waals surface area contributed by atoms with Gasteiger partial charge in [-0.2, -0.15) is 4.98 Å². The van der Waals surface area contributed by atoms with E-state index in [0.717, 1.165) is 48.1 Å². The van der Waals surface area contributed by atoms with E-state index in [1.54, 1.807) is 21.3 Å². The lowest BCUT2D eigenvalue weighted by Crippen LogP contribution is -2.32. The van der Waals surface area contributed by atoms with E-state index in [1.165, 1.54) is 11.1 Å². The summed E-state index contributed by atoms with van der Waals surface area (Å²) in [5.74, 6) is 3.10. The van der Waals surface area contributed by atoms with Crippen molar-refractivity contribution in [2.75, 3.05) is 27.9 Å². The Morgan fingerprint density at radius 3 is 2.34 bits per heavy atom. The normalized spacial score (nSPS) is 13.8. The van der Waals surface area contributed by atoms with Crippen molar-refractivity contribution in [2.24, 2.45) is 0 Å². The average Bonchev–Trinajstić information content (AvgIpc) is 3.12. The van der Waals surface area contributed by atoms with Crippen LogP contribution in [0.3, 0.4) is 0 Å². The van der Waals surface area contributed by atoms with Crippen LogP contribution < -0.4 is 14.2 Å². The summed E-state index contributed by atoms with van der Waals surface area (Å²) in [6, 6.07) is 11.9. The molecule has 2 heterocycles. The van der Waals surface area contributed by atoms with Crippen molar-refractivity contribution in [3.63, 3.8) is 0 Å². The van der Waals surface area contributed by atoms with Crippen LogP contribution in [0.4, 0.5) is 0 Å². The molecule has 0 fully saturated rings. The molecule has 1 N–H and O–H groups in total. The Morgan fingerprint density at radius 1 is 1.00 bits per heavy atom. The highest BCUT2D eigenvalue weighted by molar-refractivity contribution is 7.71. The highest BCUT2D eigenvalue weighted by Gasteiger charge is 2.20. The van der Waals surface area contributed by atoms with Gasteiger partial charge >= 0.3 is 0 Å². The van der Waals surface area contributed by atoms with Gasteiger partial charge in [-0.15, -0.1) is 0 Å². The molecule has 1 aliphatic heterocycles. The summed E-state index contributed by atoms with van der Waals surface area (Å²) in [4.78, 5) is 6.85. The summed E-state index contributed by atoms with van der Waals surface area (Å²) >= 11 is 5.47. The molecule has 0 aliphatic carbocycles. The van der Waals surface area contributed by atoms with E-state index in [9.17, 15) is 0 Å². The molecule has 3 aromatic rings. The van der Waals surface area contributed by atoms with Gasteiger partial charge in [0.1, 0.15) is 5.75 Å². The highest BCUT2D eigenvalue weighted by Crippen LogP contribution is 2.33. The summed E-state index contributed by atoms with van der Waals surface area (Å²) in [5.41, 5.74) is 3.51. The van der Waals surface area contributed by atoms with E-state index in [2.05, 4.69) is 27.1 Å². The van der Waals surface area contributed by atoms with E-state index < -0.39 is 0 Å². The van der Waals surface area contributed by atoms with Gasteiger partial charge in [0.2, 0.25) is 4.77 Å². The zero-order chi connectivity index (χ0) is 20.4.